The van der Waals surface area contributed by atoms with Gasteiger partial charge in [-0.1, -0.05) is 0 Å². The molecule has 4 nitrogen and oxygen atoms in total. The van der Waals surface area contributed by atoms with Crippen LogP contribution < -0.4 is 0 Å². The number of hydrogen-bond donors (Lipinski definition) is 0. The van der Waals surface area contributed by atoms with E-state index < -0.39 is 0 Å². The van der Waals surface area contributed by atoms with E-state index in [-0.39, 0.29) is 5.82 Å². The number of rotatable bonds is 0. The Hall–Kier alpha value is -1.37. The fourth-order valence-corrected chi connectivity index (χ4v) is 0.220. The molecule has 1 heterocycles. The molecule has 4 heteroatoms. The first kappa shape index (κ1) is 3.81. The minimum absolute atomic E-state index is 0.0694. The minimum atomic E-state index is 0.0694. The van der Waals surface area contributed by atoms with E-state index in [4.69, 9.17) is 5.26 Å². The highest BCUT2D eigenvalue weighted by Crippen LogP contribution is 1.79. The average molecular weight is 95.1 g/mol. The second-order valence-corrected chi connectivity index (χ2v) is 0.867. The number of nitrogens with zero attached hydrogens (tertiary/aromatic N) is 3. The molecule has 0 unspecified atom stereocenters. The van der Waals surface area contributed by atoms with Gasteiger partial charge in [0.05, 0.1) is 0 Å². The molecule has 0 aromatic carbocycles. The smallest absolute Gasteiger partial charge is 0.273 e. The molecule has 0 radical (unpaired) electrons. The highest BCUT2D eigenvalue weighted by atomic mass is 16.5. The molecule has 7 heavy (non-hydrogen) atoms. The Morgan fingerprint density at radius 3 is 3.00 bits per heavy atom. The third-order valence-corrected chi connectivity index (χ3v) is 0.461. The summed E-state index contributed by atoms with van der Waals surface area (Å²) in [6.45, 7) is 0. The third-order valence-electron chi connectivity index (χ3n) is 0.461. The largest absolute Gasteiger partial charge is 0.342 e. The molecule has 1 aromatic heterocycles. The van der Waals surface area contributed by atoms with Gasteiger partial charge in [0.1, 0.15) is 6.07 Å². The van der Waals surface area contributed by atoms with Crippen LogP contribution in [0.3, 0.4) is 0 Å². The zero-order valence-corrected chi connectivity index (χ0v) is 3.33. The molecule has 0 N–H and O–H groups in total. The van der Waals surface area contributed by atoms with Crippen molar-refractivity contribution < 1.29 is 4.52 Å². The van der Waals surface area contributed by atoms with E-state index in [0.29, 0.717) is 0 Å². The van der Waals surface area contributed by atoms with Crippen molar-refractivity contribution in [3.8, 4) is 6.07 Å². The Balaban J connectivity index is 3.04. The summed E-state index contributed by atoms with van der Waals surface area (Å²) in [4.78, 5) is 3.40. The summed E-state index contributed by atoms with van der Waals surface area (Å²) in [6.07, 6.45) is 1.11. The van der Waals surface area contributed by atoms with Gasteiger partial charge < -0.3 is 4.52 Å². The summed E-state index contributed by atoms with van der Waals surface area (Å²) in [5.74, 6) is 0.0694. The number of hydrogen-bond acceptors (Lipinski definition) is 4. The second-order valence-electron chi connectivity index (χ2n) is 0.867. The lowest BCUT2D eigenvalue weighted by atomic mass is 10.7. The molecule has 0 bridgehead atoms. The fraction of sp³-hybridized carbons (Fsp3) is 0. The molecule has 0 atom stereocenters. The maximum absolute atomic E-state index is 7.99. The fourth-order valence-electron chi connectivity index (χ4n) is 0.220. The van der Waals surface area contributed by atoms with Crippen molar-refractivity contribution >= 4 is 0 Å². The van der Waals surface area contributed by atoms with E-state index >= 15 is 0 Å². The van der Waals surface area contributed by atoms with Gasteiger partial charge >= 0.3 is 0 Å². The molecule has 0 saturated carbocycles. The topological polar surface area (TPSA) is 62.7 Å². The normalized spacial score (nSPS) is 7.86. The Kier molecular flexibility index (Phi) is 0.755. The molecule has 1 rings (SSSR count). The zero-order chi connectivity index (χ0) is 5.11. The minimum Gasteiger partial charge on any atom is -0.342 e. The van der Waals surface area contributed by atoms with Gasteiger partial charge in [-0.3, -0.25) is 0 Å². The van der Waals surface area contributed by atoms with Crippen LogP contribution in [-0.2, 0) is 0 Å². The van der Waals surface area contributed by atoms with Crippen LogP contribution >= 0.6 is 0 Å². The number of nitriles is 1. The predicted molar refractivity (Wildman–Crippen MR) is 19.0 cm³/mol. The lowest BCUT2D eigenvalue weighted by Gasteiger charge is -1.57. The summed E-state index contributed by atoms with van der Waals surface area (Å²) in [5.41, 5.74) is 0. The molecule has 0 fully saturated rings. The molecule has 0 aliphatic carbocycles. The van der Waals surface area contributed by atoms with E-state index in [0.717, 1.165) is 6.39 Å². The van der Waals surface area contributed by atoms with Crippen LogP contribution in [-0.4, -0.2) is 10.1 Å². The molecule has 0 aliphatic heterocycles. The molecule has 0 aliphatic rings. The van der Waals surface area contributed by atoms with Gasteiger partial charge in [-0.25, -0.2) is 0 Å². The van der Waals surface area contributed by atoms with Gasteiger partial charge in [0.2, 0.25) is 6.39 Å². The zero-order valence-electron chi connectivity index (χ0n) is 3.33. The monoisotopic (exact) mass is 95.0 g/mol. The van der Waals surface area contributed by atoms with Crippen LogP contribution in [0.2, 0.25) is 0 Å². The molecular weight excluding hydrogens is 94.1 g/mol. The van der Waals surface area contributed by atoms with Crippen molar-refractivity contribution in [3.63, 3.8) is 0 Å². The summed E-state index contributed by atoms with van der Waals surface area (Å²) in [7, 11) is 0. The van der Waals surface area contributed by atoms with Gasteiger partial charge in [-0.15, -0.1) is 0 Å². The van der Waals surface area contributed by atoms with Crippen LogP contribution in [0.5, 0.6) is 0 Å². The van der Waals surface area contributed by atoms with Gasteiger partial charge in [-0.2, -0.15) is 10.2 Å². The SMILES string of the molecule is N#Cc1ncon1. The van der Waals surface area contributed by atoms with Gasteiger partial charge in [0.15, 0.2) is 0 Å². The molecule has 1 aromatic rings. The first-order valence-corrected chi connectivity index (χ1v) is 1.60. The van der Waals surface area contributed by atoms with Crippen molar-refractivity contribution in [3.05, 3.63) is 12.2 Å². The highest BCUT2D eigenvalue weighted by molar-refractivity contribution is 5.03. The van der Waals surface area contributed by atoms with Crippen LogP contribution in [0.15, 0.2) is 10.9 Å². The van der Waals surface area contributed by atoms with Crippen LogP contribution in [0.4, 0.5) is 0 Å². The first-order valence-electron chi connectivity index (χ1n) is 1.60. The van der Waals surface area contributed by atoms with Gasteiger partial charge in [-0.05, 0) is 5.16 Å². The Labute approximate surface area is 39.4 Å². The highest BCUT2D eigenvalue weighted by Gasteiger charge is 1.88. The maximum Gasteiger partial charge on any atom is 0.273 e. The Morgan fingerprint density at radius 2 is 2.71 bits per heavy atom. The van der Waals surface area contributed by atoms with Gasteiger partial charge in [0, 0.05) is 0 Å². The molecule has 0 saturated heterocycles. The lowest BCUT2D eigenvalue weighted by molar-refractivity contribution is 0.415. The van der Waals surface area contributed by atoms with Crippen molar-refractivity contribution in [1.82, 2.24) is 10.1 Å². The van der Waals surface area contributed by atoms with Crippen molar-refractivity contribution in [1.29, 1.82) is 5.26 Å². The molecule has 0 spiro atoms. The predicted octanol–water partition coefficient (Wildman–Crippen LogP) is -0.0587. The van der Waals surface area contributed by atoms with Crippen LogP contribution in [0, 0.1) is 11.3 Å². The second kappa shape index (κ2) is 1.39. The molecular formula is C3HN3O. The Bertz CT molecular complexity index is 173. The van der Waals surface area contributed by atoms with E-state index in [9.17, 15) is 0 Å². The van der Waals surface area contributed by atoms with Crippen LogP contribution in [0.1, 0.15) is 5.82 Å². The van der Waals surface area contributed by atoms with Crippen molar-refractivity contribution in [2.24, 2.45) is 0 Å². The van der Waals surface area contributed by atoms with Crippen molar-refractivity contribution in [2.75, 3.05) is 0 Å². The van der Waals surface area contributed by atoms with Crippen LogP contribution in [0.25, 0.3) is 0 Å². The van der Waals surface area contributed by atoms with E-state index in [1.807, 2.05) is 0 Å². The Morgan fingerprint density at radius 1 is 1.86 bits per heavy atom. The van der Waals surface area contributed by atoms with Crippen molar-refractivity contribution in [2.45, 2.75) is 0 Å². The maximum atomic E-state index is 7.99. The molecule has 0 amide bonds. The third kappa shape index (κ3) is 0.550. The summed E-state index contributed by atoms with van der Waals surface area (Å²) in [5, 5.41) is 11.2. The standard InChI is InChI=1S/C3HN3O/c4-1-3-5-2-7-6-3/h2H. The molecule has 34 valence electrons. The summed E-state index contributed by atoms with van der Waals surface area (Å²) >= 11 is 0. The lowest BCUT2D eigenvalue weighted by Crippen LogP contribution is -1.70. The first-order chi connectivity index (χ1) is 3.43. The van der Waals surface area contributed by atoms with E-state index in [1.165, 1.54) is 0 Å². The quantitative estimate of drug-likeness (QED) is 0.453. The number of aromatic nitrogens is 2. The summed E-state index contributed by atoms with van der Waals surface area (Å²) in [6, 6.07) is 1.69. The van der Waals surface area contributed by atoms with E-state index in [2.05, 4.69) is 14.7 Å². The van der Waals surface area contributed by atoms with Gasteiger partial charge in [0.25, 0.3) is 5.82 Å². The summed E-state index contributed by atoms with van der Waals surface area (Å²) < 4.78 is 4.22. The van der Waals surface area contributed by atoms with E-state index in [1.54, 1.807) is 6.07 Å². The average Bonchev–Trinajstić information content (AvgIpc) is 2.14.